The van der Waals surface area contributed by atoms with Gasteiger partial charge >= 0.3 is 6.03 Å². The number of hydrogen-bond donors (Lipinski definition) is 2. The molecular formula is C7H12ClN3O3. The van der Waals surface area contributed by atoms with Crippen LogP contribution in [0.25, 0.3) is 0 Å². The van der Waals surface area contributed by atoms with Gasteiger partial charge in [-0.3, -0.25) is 14.9 Å². The van der Waals surface area contributed by atoms with Crippen LogP contribution in [-0.2, 0) is 9.59 Å². The molecular weight excluding hydrogens is 210 g/mol. The zero-order valence-electron chi connectivity index (χ0n) is 7.75. The highest BCUT2D eigenvalue weighted by atomic mass is 35.5. The highest BCUT2D eigenvalue weighted by Gasteiger charge is 2.13. The number of imide groups is 1. The molecule has 14 heavy (non-hydrogen) atoms. The predicted molar refractivity (Wildman–Crippen MR) is 50.7 cm³/mol. The summed E-state index contributed by atoms with van der Waals surface area (Å²) >= 11 is 5.28. The smallest absolute Gasteiger partial charge is 0.324 e. The van der Waals surface area contributed by atoms with Crippen molar-refractivity contribution < 1.29 is 14.4 Å². The summed E-state index contributed by atoms with van der Waals surface area (Å²) in [4.78, 5) is 33.4. The van der Waals surface area contributed by atoms with Crippen LogP contribution in [0.2, 0.25) is 0 Å². The monoisotopic (exact) mass is 221 g/mol. The minimum atomic E-state index is -0.668. The van der Waals surface area contributed by atoms with E-state index in [1.54, 1.807) is 0 Å². The maximum atomic E-state index is 11.1. The van der Waals surface area contributed by atoms with E-state index >= 15 is 0 Å². The van der Waals surface area contributed by atoms with Crippen molar-refractivity contribution in [2.45, 2.75) is 6.42 Å². The lowest BCUT2D eigenvalue weighted by Crippen LogP contribution is -2.44. The molecule has 0 heterocycles. The van der Waals surface area contributed by atoms with Gasteiger partial charge in [-0.1, -0.05) is 0 Å². The number of amides is 4. The van der Waals surface area contributed by atoms with Crippen LogP contribution in [0.3, 0.4) is 0 Å². The molecule has 0 aromatic carbocycles. The van der Waals surface area contributed by atoms with Gasteiger partial charge < -0.3 is 10.6 Å². The summed E-state index contributed by atoms with van der Waals surface area (Å²) in [6.45, 7) is -0.236. The Morgan fingerprint density at radius 3 is 2.43 bits per heavy atom. The lowest BCUT2D eigenvalue weighted by atomic mass is 10.4. The summed E-state index contributed by atoms with van der Waals surface area (Å²) in [6.07, 6.45) is 0.0533. The summed E-state index contributed by atoms with van der Waals surface area (Å²) < 4.78 is 0. The Hall–Kier alpha value is -1.30. The fourth-order valence-electron chi connectivity index (χ4n) is 0.669. The SMILES string of the molecule is CN(CC(N)=O)C(=O)NC(=O)CCCl. The first-order valence-electron chi connectivity index (χ1n) is 3.86. The molecule has 0 aromatic rings. The van der Waals surface area contributed by atoms with Crippen molar-refractivity contribution in [1.29, 1.82) is 0 Å². The van der Waals surface area contributed by atoms with Gasteiger partial charge in [0.15, 0.2) is 0 Å². The number of primary amides is 1. The molecule has 80 valence electrons. The minimum absolute atomic E-state index is 0.0533. The van der Waals surface area contributed by atoms with Gasteiger partial charge in [0.25, 0.3) is 0 Å². The number of halogens is 1. The molecule has 0 saturated carbocycles. The summed E-state index contributed by atoms with van der Waals surface area (Å²) in [5, 5.41) is 2.04. The highest BCUT2D eigenvalue weighted by molar-refractivity contribution is 6.19. The van der Waals surface area contributed by atoms with E-state index in [0.717, 1.165) is 4.90 Å². The zero-order valence-corrected chi connectivity index (χ0v) is 8.50. The summed E-state index contributed by atoms with van der Waals surface area (Å²) in [6, 6.07) is -0.668. The molecule has 6 nitrogen and oxygen atoms in total. The molecule has 0 bridgehead atoms. The van der Waals surface area contributed by atoms with Gasteiger partial charge in [0.2, 0.25) is 11.8 Å². The van der Waals surface area contributed by atoms with Crippen LogP contribution >= 0.6 is 11.6 Å². The molecule has 0 fully saturated rings. The summed E-state index contributed by atoms with van der Waals surface area (Å²) in [5.74, 6) is -0.993. The maximum Gasteiger partial charge on any atom is 0.324 e. The number of alkyl halides is 1. The third kappa shape index (κ3) is 5.36. The van der Waals surface area contributed by atoms with Gasteiger partial charge in [0.1, 0.15) is 6.54 Å². The van der Waals surface area contributed by atoms with Gasteiger partial charge in [-0.2, -0.15) is 0 Å². The average Bonchev–Trinajstić information content (AvgIpc) is 2.02. The third-order valence-electron chi connectivity index (χ3n) is 1.31. The number of rotatable bonds is 4. The molecule has 0 aliphatic heterocycles. The Labute approximate surface area is 86.4 Å². The Kier molecular flexibility index (Phi) is 5.62. The molecule has 0 atom stereocenters. The van der Waals surface area contributed by atoms with Gasteiger partial charge in [-0.15, -0.1) is 11.6 Å². The van der Waals surface area contributed by atoms with Crippen molar-refractivity contribution in [2.75, 3.05) is 19.5 Å². The van der Waals surface area contributed by atoms with Crippen molar-refractivity contribution >= 4 is 29.4 Å². The number of hydrogen-bond acceptors (Lipinski definition) is 3. The molecule has 4 amide bonds. The first kappa shape index (κ1) is 12.7. The van der Waals surface area contributed by atoms with Crippen molar-refractivity contribution in [3.05, 3.63) is 0 Å². The molecule has 0 aliphatic carbocycles. The summed E-state index contributed by atoms with van der Waals surface area (Å²) in [7, 11) is 1.36. The normalized spacial score (nSPS) is 9.29. The second-order valence-corrected chi connectivity index (χ2v) is 2.99. The summed E-state index contributed by atoms with van der Waals surface area (Å²) in [5.41, 5.74) is 4.85. The van der Waals surface area contributed by atoms with E-state index in [-0.39, 0.29) is 18.8 Å². The van der Waals surface area contributed by atoms with Gasteiger partial charge in [0, 0.05) is 19.3 Å². The molecule has 0 aromatic heterocycles. The first-order valence-corrected chi connectivity index (χ1v) is 4.40. The van der Waals surface area contributed by atoms with Crippen LogP contribution in [0, 0.1) is 0 Å². The van der Waals surface area contributed by atoms with E-state index < -0.39 is 17.8 Å². The van der Waals surface area contributed by atoms with Crippen LogP contribution in [0.4, 0.5) is 4.79 Å². The number of nitrogens with two attached hydrogens (primary N) is 1. The lowest BCUT2D eigenvalue weighted by molar-refractivity contribution is -0.121. The van der Waals surface area contributed by atoms with E-state index in [4.69, 9.17) is 17.3 Å². The van der Waals surface area contributed by atoms with Crippen molar-refractivity contribution in [2.24, 2.45) is 5.73 Å². The van der Waals surface area contributed by atoms with E-state index in [1.165, 1.54) is 7.05 Å². The van der Waals surface area contributed by atoms with Crippen molar-refractivity contribution in [3.8, 4) is 0 Å². The van der Waals surface area contributed by atoms with E-state index in [2.05, 4.69) is 0 Å². The number of likely N-dealkylation sites (N-methyl/N-ethyl adjacent to an activating group) is 1. The predicted octanol–water partition coefficient (Wildman–Crippen LogP) is -0.731. The van der Waals surface area contributed by atoms with Gasteiger partial charge in [0.05, 0.1) is 0 Å². The number of carbonyl (C=O) groups excluding carboxylic acids is 3. The molecule has 0 radical (unpaired) electrons. The number of nitrogens with one attached hydrogen (secondary N) is 1. The third-order valence-corrected chi connectivity index (χ3v) is 1.50. The molecule has 0 saturated heterocycles. The van der Waals surface area contributed by atoms with E-state index in [9.17, 15) is 14.4 Å². The zero-order chi connectivity index (χ0) is 11.1. The fourth-order valence-corrected chi connectivity index (χ4v) is 0.840. The van der Waals surface area contributed by atoms with Crippen LogP contribution in [0.1, 0.15) is 6.42 Å². The van der Waals surface area contributed by atoms with Crippen LogP contribution in [0.15, 0.2) is 0 Å². The van der Waals surface area contributed by atoms with Crippen LogP contribution in [-0.4, -0.2) is 42.2 Å². The molecule has 0 rings (SSSR count). The molecule has 0 aliphatic rings. The molecule has 0 spiro atoms. The van der Waals surface area contributed by atoms with Gasteiger partial charge in [-0.05, 0) is 0 Å². The van der Waals surface area contributed by atoms with Crippen molar-refractivity contribution in [3.63, 3.8) is 0 Å². The second kappa shape index (κ2) is 6.20. The lowest BCUT2D eigenvalue weighted by Gasteiger charge is -2.14. The van der Waals surface area contributed by atoms with E-state index in [0.29, 0.717) is 0 Å². The van der Waals surface area contributed by atoms with Crippen molar-refractivity contribution in [1.82, 2.24) is 10.2 Å². The number of urea groups is 1. The molecule has 0 unspecified atom stereocenters. The Balaban J connectivity index is 3.95. The minimum Gasteiger partial charge on any atom is -0.368 e. The standard InChI is InChI=1S/C7H12ClN3O3/c1-11(4-5(9)12)7(14)10-6(13)2-3-8/h2-4H2,1H3,(H2,9,12)(H,10,13,14). The van der Waals surface area contributed by atoms with Gasteiger partial charge in [-0.25, -0.2) is 4.79 Å². The Morgan fingerprint density at radius 2 is 2.00 bits per heavy atom. The maximum absolute atomic E-state index is 11.1. The number of carbonyl (C=O) groups is 3. The number of nitrogens with zero attached hydrogens (tertiary/aromatic N) is 1. The van der Waals surface area contributed by atoms with Crippen LogP contribution < -0.4 is 11.1 Å². The highest BCUT2D eigenvalue weighted by Crippen LogP contribution is 1.87. The average molecular weight is 222 g/mol. The topological polar surface area (TPSA) is 92.5 Å². The Bertz CT molecular complexity index is 244. The molecule has 3 N–H and O–H groups in total. The Morgan fingerprint density at radius 1 is 1.43 bits per heavy atom. The second-order valence-electron chi connectivity index (χ2n) is 2.61. The quantitative estimate of drug-likeness (QED) is 0.613. The first-order chi connectivity index (χ1) is 6.47. The van der Waals surface area contributed by atoms with E-state index in [1.807, 2.05) is 5.32 Å². The molecule has 7 heteroatoms. The largest absolute Gasteiger partial charge is 0.368 e. The fraction of sp³-hybridized carbons (Fsp3) is 0.571. The van der Waals surface area contributed by atoms with Crippen LogP contribution in [0.5, 0.6) is 0 Å².